The molecule has 6 heteroatoms. The molecule has 0 atom stereocenters. The summed E-state index contributed by atoms with van der Waals surface area (Å²) in [4.78, 5) is 12.9. The molecular formula is C15H13Cl2NO2S. The minimum Gasteiger partial charge on any atom is -0.484 e. The minimum absolute atomic E-state index is 0.0706. The molecule has 0 bridgehead atoms. The lowest BCUT2D eigenvalue weighted by atomic mass is 10.3. The molecule has 0 aliphatic carbocycles. The largest absolute Gasteiger partial charge is 0.484 e. The van der Waals surface area contributed by atoms with Gasteiger partial charge in [-0.2, -0.15) is 0 Å². The maximum atomic E-state index is 11.8. The number of hydrogen-bond acceptors (Lipinski definition) is 3. The van der Waals surface area contributed by atoms with E-state index < -0.39 is 0 Å². The van der Waals surface area contributed by atoms with E-state index in [0.29, 0.717) is 21.5 Å². The van der Waals surface area contributed by atoms with Crippen LogP contribution in [0, 0.1) is 0 Å². The van der Waals surface area contributed by atoms with Crippen molar-refractivity contribution < 1.29 is 9.53 Å². The molecule has 0 aromatic heterocycles. The van der Waals surface area contributed by atoms with Crippen molar-refractivity contribution in [1.29, 1.82) is 0 Å². The average Bonchev–Trinajstić information content (AvgIpc) is 2.49. The number of carbonyl (C=O) groups is 1. The maximum Gasteiger partial charge on any atom is 0.262 e. The van der Waals surface area contributed by atoms with Crippen molar-refractivity contribution in [3.05, 3.63) is 52.5 Å². The van der Waals surface area contributed by atoms with E-state index in [4.69, 9.17) is 27.9 Å². The van der Waals surface area contributed by atoms with Crippen molar-refractivity contribution in [1.82, 2.24) is 0 Å². The van der Waals surface area contributed by atoms with Gasteiger partial charge in [0, 0.05) is 10.6 Å². The summed E-state index contributed by atoms with van der Waals surface area (Å²) < 4.78 is 5.41. The number of ether oxygens (including phenoxy) is 1. The van der Waals surface area contributed by atoms with E-state index in [1.807, 2.05) is 30.5 Å². The van der Waals surface area contributed by atoms with Crippen LogP contribution in [0.2, 0.25) is 10.0 Å². The van der Waals surface area contributed by atoms with E-state index >= 15 is 0 Å². The highest BCUT2D eigenvalue weighted by Gasteiger charge is 2.05. The molecule has 0 spiro atoms. The Kier molecular flexibility index (Phi) is 5.79. The van der Waals surface area contributed by atoms with Crippen LogP contribution in [0.3, 0.4) is 0 Å². The Morgan fingerprint density at radius 1 is 1.14 bits per heavy atom. The molecule has 0 heterocycles. The van der Waals surface area contributed by atoms with Gasteiger partial charge in [0.05, 0.1) is 10.0 Å². The van der Waals surface area contributed by atoms with Crippen molar-refractivity contribution in [3.63, 3.8) is 0 Å². The molecule has 0 fully saturated rings. The van der Waals surface area contributed by atoms with Crippen molar-refractivity contribution in [3.8, 4) is 5.75 Å². The first-order chi connectivity index (χ1) is 10.1. The molecule has 0 aliphatic rings. The Morgan fingerprint density at radius 2 is 1.86 bits per heavy atom. The second-order valence-corrected chi connectivity index (χ2v) is 5.84. The summed E-state index contributed by atoms with van der Waals surface area (Å²) in [5.41, 5.74) is 0.579. The Bertz CT molecular complexity index is 632. The van der Waals surface area contributed by atoms with Gasteiger partial charge in [-0.05, 0) is 48.7 Å². The van der Waals surface area contributed by atoms with Gasteiger partial charge >= 0.3 is 0 Å². The zero-order chi connectivity index (χ0) is 15.2. The molecule has 0 unspecified atom stereocenters. The molecule has 0 saturated carbocycles. The predicted molar refractivity (Wildman–Crippen MR) is 88.8 cm³/mol. The van der Waals surface area contributed by atoms with Crippen LogP contribution in [0.25, 0.3) is 0 Å². The predicted octanol–water partition coefficient (Wildman–Crippen LogP) is 4.73. The number of hydrogen-bond donors (Lipinski definition) is 1. The third kappa shape index (κ3) is 4.84. The molecule has 1 amide bonds. The molecular weight excluding hydrogens is 329 g/mol. The first-order valence-electron chi connectivity index (χ1n) is 6.10. The Balaban J connectivity index is 1.87. The maximum absolute atomic E-state index is 11.8. The van der Waals surface area contributed by atoms with E-state index in [1.54, 1.807) is 30.0 Å². The highest BCUT2D eigenvalue weighted by molar-refractivity contribution is 7.98. The summed E-state index contributed by atoms with van der Waals surface area (Å²) in [6.07, 6.45) is 2.00. The molecule has 3 nitrogen and oxygen atoms in total. The van der Waals surface area contributed by atoms with Gasteiger partial charge in [-0.3, -0.25) is 4.79 Å². The number of benzene rings is 2. The highest BCUT2D eigenvalue weighted by atomic mass is 35.5. The standard InChI is InChI=1S/C15H13Cl2NO2S/c1-21-12-5-3-11(4-6-12)20-9-15(19)18-10-2-7-13(16)14(17)8-10/h2-8H,9H2,1H3,(H,18,19). The third-order valence-electron chi connectivity index (χ3n) is 2.63. The first-order valence-corrected chi connectivity index (χ1v) is 8.08. The minimum atomic E-state index is -0.262. The quantitative estimate of drug-likeness (QED) is 0.798. The summed E-state index contributed by atoms with van der Waals surface area (Å²) in [6.45, 7) is -0.0706. The second kappa shape index (κ2) is 7.59. The van der Waals surface area contributed by atoms with Crippen LogP contribution in [0.5, 0.6) is 5.75 Å². The molecule has 2 aromatic rings. The van der Waals surface area contributed by atoms with Crippen LogP contribution in [-0.2, 0) is 4.79 Å². The molecule has 0 aliphatic heterocycles. The van der Waals surface area contributed by atoms with Gasteiger partial charge < -0.3 is 10.1 Å². The normalized spacial score (nSPS) is 10.2. The molecule has 0 saturated heterocycles. The van der Waals surface area contributed by atoms with E-state index in [0.717, 1.165) is 4.90 Å². The highest BCUT2D eigenvalue weighted by Crippen LogP contribution is 2.25. The fraction of sp³-hybridized carbons (Fsp3) is 0.133. The summed E-state index contributed by atoms with van der Waals surface area (Å²) >= 11 is 13.3. The third-order valence-corrected chi connectivity index (χ3v) is 4.12. The zero-order valence-electron chi connectivity index (χ0n) is 11.2. The van der Waals surface area contributed by atoms with E-state index in [-0.39, 0.29) is 12.5 Å². The van der Waals surface area contributed by atoms with Gasteiger partial charge in [-0.15, -0.1) is 11.8 Å². The molecule has 110 valence electrons. The fourth-order valence-electron chi connectivity index (χ4n) is 1.59. The number of carbonyl (C=O) groups excluding carboxylic acids is 1. The summed E-state index contributed by atoms with van der Waals surface area (Å²) in [5.74, 6) is 0.388. The monoisotopic (exact) mass is 341 g/mol. The number of anilines is 1. The average molecular weight is 342 g/mol. The molecule has 21 heavy (non-hydrogen) atoms. The smallest absolute Gasteiger partial charge is 0.262 e. The van der Waals surface area contributed by atoms with Crippen molar-refractivity contribution in [2.45, 2.75) is 4.90 Å². The van der Waals surface area contributed by atoms with Crippen molar-refractivity contribution in [2.75, 3.05) is 18.2 Å². The lowest BCUT2D eigenvalue weighted by Gasteiger charge is -2.08. The van der Waals surface area contributed by atoms with Crippen LogP contribution in [0.4, 0.5) is 5.69 Å². The Hall–Kier alpha value is -1.36. The second-order valence-electron chi connectivity index (χ2n) is 4.14. The van der Waals surface area contributed by atoms with Crippen molar-refractivity contribution >= 4 is 46.6 Å². The van der Waals surface area contributed by atoms with Gasteiger partial charge in [-0.1, -0.05) is 23.2 Å². The van der Waals surface area contributed by atoms with E-state index in [2.05, 4.69) is 5.32 Å². The van der Waals surface area contributed by atoms with Crippen LogP contribution in [0.1, 0.15) is 0 Å². The number of thioether (sulfide) groups is 1. The lowest BCUT2D eigenvalue weighted by Crippen LogP contribution is -2.20. The number of nitrogens with one attached hydrogen (secondary N) is 1. The van der Waals surface area contributed by atoms with Gasteiger partial charge in [0.25, 0.3) is 5.91 Å². The summed E-state index contributed by atoms with van der Waals surface area (Å²) in [6, 6.07) is 12.4. The van der Waals surface area contributed by atoms with Gasteiger partial charge in [0.15, 0.2) is 6.61 Å². The molecule has 2 aromatic carbocycles. The lowest BCUT2D eigenvalue weighted by molar-refractivity contribution is -0.118. The summed E-state index contributed by atoms with van der Waals surface area (Å²) in [5, 5.41) is 3.53. The topological polar surface area (TPSA) is 38.3 Å². The number of halogens is 2. The molecule has 1 N–H and O–H groups in total. The molecule has 2 rings (SSSR count). The van der Waals surface area contributed by atoms with Gasteiger partial charge in [-0.25, -0.2) is 0 Å². The van der Waals surface area contributed by atoms with Crippen LogP contribution in [0.15, 0.2) is 47.4 Å². The molecule has 0 radical (unpaired) electrons. The summed E-state index contributed by atoms with van der Waals surface area (Å²) in [7, 11) is 0. The number of rotatable bonds is 5. The zero-order valence-corrected chi connectivity index (χ0v) is 13.6. The van der Waals surface area contributed by atoms with Crippen molar-refractivity contribution in [2.24, 2.45) is 0 Å². The van der Waals surface area contributed by atoms with Gasteiger partial charge in [0.1, 0.15) is 5.75 Å². The Labute approximate surface area is 137 Å². The van der Waals surface area contributed by atoms with E-state index in [1.165, 1.54) is 0 Å². The number of amides is 1. The van der Waals surface area contributed by atoms with Gasteiger partial charge in [0.2, 0.25) is 0 Å². The SMILES string of the molecule is CSc1ccc(OCC(=O)Nc2ccc(Cl)c(Cl)c2)cc1. The van der Waals surface area contributed by atoms with Crippen LogP contribution >= 0.6 is 35.0 Å². The Morgan fingerprint density at radius 3 is 2.48 bits per heavy atom. The fourth-order valence-corrected chi connectivity index (χ4v) is 2.30. The van der Waals surface area contributed by atoms with Crippen LogP contribution < -0.4 is 10.1 Å². The van der Waals surface area contributed by atoms with E-state index in [9.17, 15) is 4.79 Å². The first kappa shape index (κ1) is 16.0. The van der Waals surface area contributed by atoms with Crippen LogP contribution in [-0.4, -0.2) is 18.8 Å².